The quantitative estimate of drug-likeness (QED) is 0.919. The predicted molar refractivity (Wildman–Crippen MR) is 95.3 cm³/mol. The molecule has 0 aliphatic carbocycles. The van der Waals surface area contributed by atoms with Gasteiger partial charge < -0.3 is 15.0 Å². The number of amides is 2. The monoisotopic (exact) mass is 345 g/mol. The summed E-state index contributed by atoms with van der Waals surface area (Å²) in [4.78, 5) is 19.3. The van der Waals surface area contributed by atoms with Gasteiger partial charge in [-0.2, -0.15) is 0 Å². The molecule has 128 valence electrons. The number of hydrogen-bond acceptors (Lipinski definition) is 4. The van der Waals surface area contributed by atoms with Gasteiger partial charge in [0.15, 0.2) is 0 Å². The van der Waals surface area contributed by atoms with Crippen LogP contribution in [0.25, 0.3) is 10.2 Å². The summed E-state index contributed by atoms with van der Waals surface area (Å²) in [6.45, 7) is 2.36. The zero-order valence-electron chi connectivity index (χ0n) is 13.7. The van der Waals surface area contributed by atoms with Gasteiger partial charge in [-0.15, -0.1) is 11.3 Å². The summed E-state index contributed by atoms with van der Waals surface area (Å²) >= 11 is 1.71. The molecule has 0 unspecified atom stereocenters. The van der Waals surface area contributed by atoms with Crippen molar-refractivity contribution in [1.29, 1.82) is 0 Å². The molecule has 2 saturated heterocycles. The number of likely N-dealkylation sites (tertiary alicyclic amines) is 1. The number of urea groups is 1. The fraction of sp³-hybridized carbons (Fsp3) is 0.556. The van der Waals surface area contributed by atoms with E-state index >= 15 is 0 Å². The van der Waals surface area contributed by atoms with E-state index in [2.05, 4.69) is 11.4 Å². The number of carbonyl (C=O) groups is 1. The summed E-state index contributed by atoms with van der Waals surface area (Å²) < 4.78 is 6.80. The SMILES string of the molecule is O=C(NCC[C@H]1CCCO1)N1CCC[C@H]1c1nc2ccccc2s1. The van der Waals surface area contributed by atoms with Crippen molar-refractivity contribution in [2.45, 2.75) is 44.2 Å². The lowest BCUT2D eigenvalue weighted by atomic mass is 10.2. The third-order valence-electron chi connectivity index (χ3n) is 4.88. The van der Waals surface area contributed by atoms with Crippen LogP contribution in [0, 0.1) is 0 Å². The fourth-order valence-corrected chi connectivity index (χ4v) is 4.73. The lowest BCUT2D eigenvalue weighted by Crippen LogP contribution is -2.40. The largest absolute Gasteiger partial charge is 0.378 e. The molecule has 24 heavy (non-hydrogen) atoms. The number of hydrogen-bond donors (Lipinski definition) is 1. The number of para-hydroxylation sites is 1. The molecule has 5 nitrogen and oxygen atoms in total. The Morgan fingerprint density at radius 3 is 3.08 bits per heavy atom. The molecule has 0 spiro atoms. The van der Waals surface area contributed by atoms with Gasteiger partial charge in [-0.25, -0.2) is 9.78 Å². The summed E-state index contributed by atoms with van der Waals surface area (Å²) in [6.07, 6.45) is 5.53. The minimum atomic E-state index is 0.0368. The van der Waals surface area contributed by atoms with E-state index in [1.807, 2.05) is 23.1 Å². The second kappa shape index (κ2) is 7.07. The van der Waals surface area contributed by atoms with Crippen molar-refractivity contribution in [2.75, 3.05) is 19.7 Å². The number of nitrogens with one attached hydrogen (secondary N) is 1. The van der Waals surface area contributed by atoms with Crippen LogP contribution in [-0.2, 0) is 4.74 Å². The summed E-state index contributed by atoms with van der Waals surface area (Å²) in [5, 5.41) is 4.13. The Kier molecular flexibility index (Phi) is 4.67. The Morgan fingerprint density at radius 1 is 1.33 bits per heavy atom. The summed E-state index contributed by atoms with van der Waals surface area (Å²) in [5.41, 5.74) is 1.03. The maximum absolute atomic E-state index is 12.6. The molecule has 2 aliphatic rings. The molecule has 2 aromatic rings. The van der Waals surface area contributed by atoms with Crippen LogP contribution in [0.15, 0.2) is 24.3 Å². The van der Waals surface area contributed by atoms with Crippen LogP contribution in [0.1, 0.15) is 43.2 Å². The van der Waals surface area contributed by atoms with E-state index < -0.39 is 0 Å². The second-order valence-corrected chi connectivity index (χ2v) is 7.59. The second-order valence-electron chi connectivity index (χ2n) is 6.53. The molecule has 3 heterocycles. The maximum Gasteiger partial charge on any atom is 0.317 e. The average molecular weight is 345 g/mol. The number of thiazole rings is 1. The van der Waals surface area contributed by atoms with Gasteiger partial charge in [0.05, 0.1) is 22.4 Å². The first-order chi connectivity index (χ1) is 11.8. The van der Waals surface area contributed by atoms with Gasteiger partial charge in [0.25, 0.3) is 0 Å². The maximum atomic E-state index is 12.6. The van der Waals surface area contributed by atoms with Gasteiger partial charge in [-0.05, 0) is 44.2 Å². The van der Waals surface area contributed by atoms with Crippen molar-refractivity contribution >= 4 is 27.6 Å². The molecule has 1 N–H and O–H groups in total. The highest BCUT2D eigenvalue weighted by Crippen LogP contribution is 2.36. The standard InChI is InChI=1S/C18H23N3O2S/c22-18(19-10-9-13-5-4-12-23-13)21-11-3-7-15(21)17-20-14-6-1-2-8-16(14)24-17/h1-2,6,8,13,15H,3-5,7,9-12H2,(H,19,22)/t13-,15+/m1/s1. The zero-order chi connectivity index (χ0) is 16.4. The number of carbonyl (C=O) groups excluding carboxylic acids is 1. The Bertz CT molecular complexity index is 678. The number of aromatic nitrogens is 1. The molecule has 2 fully saturated rings. The van der Waals surface area contributed by atoms with Gasteiger partial charge in [0.2, 0.25) is 0 Å². The number of benzene rings is 1. The highest BCUT2D eigenvalue weighted by molar-refractivity contribution is 7.18. The molecule has 1 aromatic heterocycles. The van der Waals surface area contributed by atoms with Crippen LogP contribution in [0.5, 0.6) is 0 Å². The lowest BCUT2D eigenvalue weighted by Gasteiger charge is -2.23. The van der Waals surface area contributed by atoms with E-state index in [1.165, 1.54) is 4.70 Å². The smallest absolute Gasteiger partial charge is 0.317 e. The molecule has 0 bridgehead atoms. The Labute approximate surface area is 146 Å². The molecule has 6 heteroatoms. The van der Waals surface area contributed by atoms with Gasteiger partial charge in [-0.3, -0.25) is 0 Å². The van der Waals surface area contributed by atoms with Crippen molar-refractivity contribution < 1.29 is 9.53 Å². The topological polar surface area (TPSA) is 54.5 Å². The minimum Gasteiger partial charge on any atom is -0.378 e. The first-order valence-electron chi connectivity index (χ1n) is 8.83. The van der Waals surface area contributed by atoms with E-state index in [0.29, 0.717) is 12.6 Å². The molecule has 4 rings (SSSR count). The van der Waals surface area contributed by atoms with Gasteiger partial charge >= 0.3 is 6.03 Å². The van der Waals surface area contributed by atoms with E-state index in [1.54, 1.807) is 11.3 Å². The summed E-state index contributed by atoms with van der Waals surface area (Å²) in [6, 6.07) is 8.33. The first kappa shape index (κ1) is 15.8. The van der Waals surface area contributed by atoms with Crippen molar-refractivity contribution in [2.24, 2.45) is 0 Å². The molecular formula is C18H23N3O2S. The normalized spacial score (nSPS) is 23.9. The molecule has 2 aliphatic heterocycles. The fourth-order valence-electron chi connectivity index (χ4n) is 3.61. The van der Waals surface area contributed by atoms with Crippen LogP contribution < -0.4 is 5.32 Å². The molecule has 2 atom stereocenters. The number of fused-ring (bicyclic) bond motifs is 1. The lowest BCUT2D eigenvalue weighted by molar-refractivity contribution is 0.104. The molecule has 0 radical (unpaired) electrons. The van der Waals surface area contributed by atoms with Gasteiger partial charge in [0.1, 0.15) is 5.01 Å². The minimum absolute atomic E-state index is 0.0368. The van der Waals surface area contributed by atoms with Crippen LogP contribution in [0.2, 0.25) is 0 Å². The van der Waals surface area contributed by atoms with Crippen LogP contribution in [0.4, 0.5) is 4.79 Å². The van der Waals surface area contributed by atoms with Gasteiger partial charge in [-0.1, -0.05) is 12.1 Å². The third-order valence-corrected chi connectivity index (χ3v) is 6.01. The molecular weight excluding hydrogens is 322 g/mol. The van der Waals surface area contributed by atoms with Crippen molar-refractivity contribution in [3.05, 3.63) is 29.3 Å². The third kappa shape index (κ3) is 3.26. The molecule has 1 aromatic carbocycles. The number of rotatable bonds is 4. The van der Waals surface area contributed by atoms with Crippen molar-refractivity contribution in [1.82, 2.24) is 15.2 Å². The summed E-state index contributed by atoms with van der Waals surface area (Å²) in [7, 11) is 0. The highest BCUT2D eigenvalue weighted by Gasteiger charge is 2.32. The van der Waals surface area contributed by atoms with Crippen LogP contribution in [0.3, 0.4) is 0 Å². The number of ether oxygens (including phenoxy) is 1. The van der Waals surface area contributed by atoms with Crippen LogP contribution in [-0.4, -0.2) is 41.7 Å². The van der Waals surface area contributed by atoms with Crippen molar-refractivity contribution in [3.8, 4) is 0 Å². The van der Waals surface area contributed by atoms with E-state index in [9.17, 15) is 4.79 Å². The Balaban J connectivity index is 1.39. The number of nitrogens with zero attached hydrogens (tertiary/aromatic N) is 2. The van der Waals surface area contributed by atoms with E-state index in [4.69, 9.17) is 9.72 Å². The summed E-state index contributed by atoms with van der Waals surface area (Å²) in [5.74, 6) is 0. The highest BCUT2D eigenvalue weighted by atomic mass is 32.1. The first-order valence-corrected chi connectivity index (χ1v) is 9.64. The molecule has 0 saturated carbocycles. The zero-order valence-corrected chi connectivity index (χ0v) is 14.6. The molecule has 2 amide bonds. The van der Waals surface area contributed by atoms with Crippen LogP contribution >= 0.6 is 11.3 Å². The Morgan fingerprint density at radius 2 is 2.25 bits per heavy atom. The van der Waals surface area contributed by atoms with E-state index in [0.717, 1.165) is 55.8 Å². The average Bonchev–Trinajstić information content (AvgIpc) is 3.33. The van der Waals surface area contributed by atoms with E-state index in [-0.39, 0.29) is 12.1 Å². The van der Waals surface area contributed by atoms with Gasteiger partial charge in [0, 0.05) is 19.7 Å². The van der Waals surface area contributed by atoms with Crippen molar-refractivity contribution in [3.63, 3.8) is 0 Å². The Hall–Kier alpha value is -1.66. The predicted octanol–water partition coefficient (Wildman–Crippen LogP) is 3.71.